The highest BCUT2D eigenvalue weighted by atomic mass is 35.5. The molecule has 0 saturated carbocycles. The van der Waals surface area contributed by atoms with Gasteiger partial charge in [0.25, 0.3) is 0 Å². The largest absolute Gasteiger partial charge is 0.379 e. The number of nitrogens with zero attached hydrogens (tertiary/aromatic N) is 1. The van der Waals surface area contributed by atoms with E-state index in [4.69, 9.17) is 27.9 Å². The van der Waals surface area contributed by atoms with Crippen LogP contribution in [0.25, 0.3) is 0 Å². The highest BCUT2D eigenvalue weighted by Crippen LogP contribution is 2.13. The first-order valence-corrected chi connectivity index (χ1v) is 5.35. The number of hydrogen-bond donors (Lipinski definition) is 1. The van der Waals surface area contributed by atoms with Gasteiger partial charge in [-0.25, -0.2) is 0 Å². The first kappa shape index (κ1) is 12.0. The van der Waals surface area contributed by atoms with Gasteiger partial charge in [-0.1, -0.05) is 0 Å². The molecule has 1 atom stereocenters. The standard InChI is InChI=1S/C8H14Cl2N2O2/c1-6(13)11-8(7(9)10)12-2-4-14-5-3-12/h7-8H,2-5H2,1H3,(H,11,13). The zero-order valence-corrected chi connectivity index (χ0v) is 9.51. The molecule has 0 bridgehead atoms. The second-order valence-corrected chi connectivity index (χ2v) is 4.29. The molecule has 1 saturated heterocycles. The van der Waals surface area contributed by atoms with Crippen molar-refractivity contribution in [3.63, 3.8) is 0 Å². The van der Waals surface area contributed by atoms with E-state index in [0.717, 1.165) is 13.1 Å². The molecule has 1 amide bonds. The van der Waals surface area contributed by atoms with E-state index in [-0.39, 0.29) is 12.1 Å². The molecule has 0 radical (unpaired) electrons. The van der Waals surface area contributed by atoms with Gasteiger partial charge in [-0.05, 0) is 0 Å². The van der Waals surface area contributed by atoms with Crippen molar-refractivity contribution >= 4 is 29.1 Å². The van der Waals surface area contributed by atoms with E-state index in [2.05, 4.69) is 5.32 Å². The summed E-state index contributed by atoms with van der Waals surface area (Å²) in [5.41, 5.74) is 0. The van der Waals surface area contributed by atoms with Crippen molar-refractivity contribution in [2.75, 3.05) is 26.3 Å². The summed E-state index contributed by atoms with van der Waals surface area (Å²) < 4.78 is 5.19. The number of halogens is 2. The summed E-state index contributed by atoms with van der Waals surface area (Å²) in [4.78, 5) is 12.3. The van der Waals surface area contributed by atoms with Gasteiger partial charge in [-0.15, -0.1) is 23.2 Å². The van der Waals surface area contributed by atoms with E-state index in [1.165, 1.54) is 6.92 Å². The summed E-state index contributed by atoms with van der Waals surface area (Å²) in [7, 11) is 0. The average molecular weight is 241 g/mol. The van der Waals surface area contributed by atoms with Crippen molar-refractivity contribution in [1.29, 1.82) is 0 Å². The van der Waals surface area contributed by atoms with E-state index in [0.29, 0.717) is 13.2 Å². The van der Waals surface area contributed by atoms with E-state index < -0.39 is 4.84 Å². The lowest BCUT2D eigenvalue weighted by Gasteiger charge is -2.35. The number of amides is 1. The molecule has 0 aromatic heterocycles. The highest BCUT2D eigenvalue weighted by molar-refractivity contribution is 6.44. The van der Waals surface area contributed by atoms with Crippen LogP contribution in [-0.2, 0) is 9.53 Å². The van der Waals surface area contributed by atoms with Crippen LogP contribution in [0, 0.1) is 0 Å². The van der Waals surface area contributed by atoms with Gasteiger partial charge < -0.3 is 10.1 Å². The van der Waals surface area contributed by atoms with Crippen molar-refractivity contribution in [3.05, 3.63) is 0 Å². The molecule has 6 heteroatoms. The molecule has 1 N–H and O–H groups in total. The molecule has 0 aliphatic carbocycles. The highest BCUT2D eigenvalue weighted by Gasteiger charge is 2.26. The Bertz CT molecular complexity index is 196. The maximum atomic E-state index is 10.9. The molecule has 0 spiro atoms. The Morgan fingerprint density at radius 1 is 1.43 bits per heavy atom. The minimum atomic E-state index is -0.628. The Morgan fingerprint density at radius 2 is 2.00 bits per heavy atom. The molecule has 82 valence electrons. The zero-order valence-electron chi connectivity index (χ0n) is 8.00. The third-order valence-corrected chi connectivity index (χ3v) is 2.51. The number of alkyl halides is 2. The lowest BCUT2D eigenvalue weighted by Crippen LogP contribution is -2.54. The van der Waals surface area contributed by atoms with Crippen LogP contribution in [0.4, 0.5) is 0 Å². The van der Waals surface area contributed by atoms with Crippen LogP contribution >= 0.6 is 23.2 Å². The third-order valence-electron chi connectivity index (χ3n) is 2.03. The molecule has 1 aliphatic heterocycles. The van der Waals surface area contributed by atoms with Crippen LogP contribution in [0.3, 0.4) is 0 Å². The average Bonchev–Trinajstić information content (AvgIpc) is 2.15. The molecule has 0 aromatic rings. The Balaban J connectivity index is 2.51. The second-order valence-electron chi connectivity index (χ2n) is 3.13. The van der Waals surface area contributed by atoms with Gasteiger partial charge >= 0.3 is 0 Å². The summed E-state index contributed by atoms with van der Waals surface area (Å²) in [5, 5.41) is 2.72. The summed E-state index contributed by atoms with van der Waals surface area (Å²) in [5.74, 6) is -0.132. The maximum absolute atomic E-state index is 10.9. The first-order valence-electron chi connectivity index (χ1n) is 4.48. The Hall–Kier alpha value is -0.0300. The predicted octanol–water partition coefficient (Wildman–Crippen LogP) is 0.584. The molecule has 1 unspecified atom stereocenters. The van der Waals surface area contributed by atoms with Crippen LogP contribution in [-0.4, -0.2) is 48.1 Å². The summed E-state index contributed by atoms with van der Waals surface area (Å²) in [6.45, 7) is 4.22. The fraction of sp³-hybridized carbons (Fsp3) is 0.875. The fourth-order valence-corrected chi connectivity index (χ4v) is 1.82. The van der Waals surface area contributed by atoms with Crippen molar-refractivity contribution < 1.29 is 9.53 Å². The minimum absolute atomic E-state index is 0.132. The van der Waals surface area contributed by atoms with E-state index in [1.807, 2.05) is 4.90 Å². The second kappa shape index (κ2) is 5.75. The normalized spacial score (nSPS) is 20.9. The number of nitrogens with one attached hydrogen (secondary N) is 1. The van der Waals surface area contributed by atoms with Crippen LogP contribution < -0.4 is 5.32 Å². The Kier molecular flexibility index (Phi) is 4.95. The maximum Gasteiger partial charge on any atom is 0.218 e. The SMILES string of the molecule is CC(=O)NC(C(Cl)Cl)N1CCOCC1. The zero-order chi connectivity index (χ0) is 10.6. The van der Waals surface area contributed by atoms with Gasteiger partial charge in [0.15, 0.2) is 0 Å². The lowest BCUT2D eigenvalue weighted by atomic mass is 10.3. The van der Waals surface area contributed by atoms with E-state index >= 15 is 0 Å². The van der Waals surface area contributed by atoms with Crippen LogP contribution in [0.2, 0.25) is 0 Å². The third kappa shape index (κ3) is 3.61. The number of rotatable bonds is 3. The van der Waals surface area contributed by atoms with E-state index in [1.54, 1.807) is 0 Å². The van der Waals surface area contributed by atoms with Gasteiger partial charge in [-0.3, -0.25) is 9.69 Å². The smallest absolute Gasteiger partial charge is 0.218 e. The fourth-order valence-electron chi connectivity index (χ4n) is 1.38. The number of carbonyl (C=O) groups excluding carboxylic acids is 1. The Morgan fingerprint density at radius 3 is 2.43 bits per heavy atom. The Labute approximate surface area is 93.5 Å². The number of hydrogen-bond acceptors (Lipinski definition) is 3. The topological polar surface area (TPSA) is 41.6 Å². The molecule has 4 nitrogen and oxygen atoms in total. The number of carbonyl (C=O) groups is 1. The summed E-state index contributed by atoms with van der Waals surface area (Å²) in [6.07, 6.45) is -0.320. The van der Waals surface area contributed by atoms with Crippen LogP contribution in [0.5, 0.6) is 0 Å². The van der Waals surface area contributed by atoms with Crippen molar-refractivity contribution in [1.82, 2.24) is 10.2 Å². The molecule has 14 heavy (non-hydrogen) atoms. The van der Waals surface area contributed by atoms with Gasteiger partial charge in [0.1, 0.15) is 11.0 Å². The quantitative estimate of drug-likeness (QED) is 0.735. The number of ether oxygens (including phenoxy) is 1. The molecule has 1 aliphatic rings. The first-order chi connectivity index (χ1) is 6.61. The van der Waals surface area contributed by atoms with Gasteiger partial charge in [0, 0.05) is 20.0 Å². The lowest BCUT2D eigenvalue weighted by molar-refractivity contribution is -0.121. The van der Waals surface area contributed by atoms with E-state index in [9.17, 15) is 4.79 Å². The van der Waals surface area contributed by atoms with Gasteiger partial charge in [0.2, 0.25) is 5.91 Å². The van der Waals surface area contributed by atoms with Gasteiger partial charge in [0.05, 0.1) is 13.2 Å². The monoisotopic (exact) mass is 240 g/mol. The van der Waals surface area contributed by atoms with Crippen molar-refractivity contribution in [2.24, 2.45) is 0 Å². The molecule has 1 heterocycles. The summed E-state index contributed by atoms with van der Waals surface area (Å²) in [6, 6.07) is 0. The number of morpholine rings is 1. The molecular formula is C8H14Cl2N2O2. The minimum Gasteiger partial charge on any atom is -0.379 e. The molecule has 0 aromatic carbocycles. The van der Waals surface area contributed by atoms with Crippen molar-refractivity contribution in [3.8, 4) is 0 Å². The molecule has 1 rings (SSSR count). The van der Waals surface area contributed by atoms with Crippen LogP contribution in [0.15, 0.2) is 0 Å². The molecular weight excluding hydrogens is 227 g/mol. The van der Waals surface area contributed by atoms with Crippen LogP contribution in [0.1, 0.15) is 6.92 Å². The van der Waals surface area contributed by atoms with Gasteiger partial charge in [-0.2, -0.15) is 0 Å². The van der Waals surface area contributed by atoms with Crippen molar-refractivity contribution in [2.45, 2.75) is 17.9 Å². The predicted molar refractivity (Wildman–Crippen MR) is 55.5 cm³/mol. The molecule has 1 fully saturated rings. The summed E-state index contributed by atoms with van der Waals surface area (Å²) >= 11 is 11.6.